The monoisotopic (exact) mass is 233 g/mol. The average molecular weight is 233 g/mol. The summed E-state index contributed by atoms with van der Waals surface area (Å²) in [6.07, 6.45) is 2.50. The van der Waals surface area contributed by atoms with Crippen LogP contribution < -0.4 is 10.1 Å². The summed E-state index contributed by atoms with van der Waals surface area (Å²) in [6.45, 7) is 7.04. The van der Waals surface area contributed by atoms with Crippen LogP contribution in [0.1, 0.15) is 5.56 Å². The van der Waals surface area contributed by atoms with Crippen LogP contribution in [0.5, 0.6) is 0 Å². The van der Waals surface area contributed by atoms with Crippen molar-refractivity contribution in [3.8, 4) is 0 Å². The highest BCUT2D eigenvalue weighted by molar-refractivity contribution is 5.55. The minimum atomic E-state index is 0.627. The molecule has 0 atom stereocenters. The fraction of sp³-hybridized carbons (Fsp3) is 0.385. The van der Waals surface area contributed by atoms with Gasteiger partial charge in [-0.15, -0.1) is 6.58 Å². The minimum Gasteiger partial charge on any atom is -0.378 e. The Morgan fingerprint density at radius 3 is 2.82 bits per heavy atom. The van der Waals surface area contributed by atoms with Gasteiger partial charge in [-0.25, -0.2) is 0 Å². The Kier molecular flexibility index (Phi) is 3.88. The van der Waals surface area contributed by atoms with E-state index in [1.807, 2.05) is 23.4 Å². The zero-order valence-corrected chi connectivity index (χ0v) is 9.82. The smallest absolute Gasteiger partial charge is 0.256 e. The Labute approximate surface area is 101 Å². The van der Waals surface area contributed by atoms with Crippen LogP contribution in [0.15, 0.2) is 30.9 Å². The van der Waals surface area contributed by atoms with Gasteiger partial charge in [-0.2, -0.15) is 0 Å². The molecule has 2 rings (SSSR count). The molecule has 0 saturated carbocycles. The van der Waals surface area contributed by atoms with Gasteiger partial charge in [0.2, 0.25) is 0 Å². The Bertz CT molecular complexity index is 412. The molecular formula is C13H17N2O2+. The van der Waals surface area contributed by atoms with Crippen LogP contribution in [-0.2, 0) is 11.2 Å². The van der Waals surface area contributed by atoms with Crippen LogP contribution in [0.25, 0.3) is 0 Å². The molecule has 0 aromatic heterocycles. The summed E-state index contributed by atoms with van der Waals surface area (Å²) >= 11 is 0. The molecule has 90 valence electrons. The summed E-state index contributed by atoms with van der Waals surface area (Å²) in [7, 11) is 0. The van der Waals surface area contributed by atoms with E-state index in [-0.39, 0.29) is 0 Å². The van der Waals surface area contributed by atoms with Crippen LogP contribution in [-0.4, -0.2) is 26.3 Å². The number of nitroso groups, excluding NO2 is 1. The normalized spacial score (nSPS) is 15.6. The molecule has 1 heterocycles. The Morgan fingerprint density at radius 2 is 2.18 bits per heavy atom. The van der Waals surface area contributed by atoms with Crippen LogP contribution in [0.3, 0.4) is 0 Å². The second-order valence-corrected chi connectivity index (χ2v) is 4.04. The van der Waals surface area contributed by atoms with E-state index in [9.17, 15) is 4.91 Å². The predicted molar refractivity (Wildman–Crippen MR) is 67.4 cm³/mol. The van der Waals surface area contributed by atoms with E-state index in [0.29, 0.717) is 12.1 Å². The van der Waals surface area contributed by atoms with Crippen molar-refractivity contribution in [3.05, 3.63) is 41.3 Å². The van der Waals surface area contributed by atoms with Crippen molar-refractivity contribution in [3.63, 3.8) is 0 Å². The van der Waals surface area contributed by atoms with E-state index in [0.717, 1.165) is 37.6 Å². The lowest BCUT2D eigenvalue weighted by Crippen LogP contribution is -2.56. The van der Waals surface area contributed by atoms with Gasteiger partial charge in [0.25, 0.3) is 5.69 Å². The van der Waals surface area contributed by atoms with Crippen molar-refractivity contribution in [2.45, 2.75) is 6.42 Å². The molecule has 1 aliphatic rings. The highest BCUT2D eigenvalue weighted by Crippen LogP contribution is 2.22. The molecule has 1 saturated heterocycles. The summed E-state index contributed by atoms with van der Waals surface area (Å²) in [5, 5.41) is 1.97. The molecule has 17 heavy (non-hydrogen) atoms. The lowest BCUT2D eigenvalue weighted by Gasteiger charge is -2.29. The number of hydrogen-bond acceptors (Lipinski definition) is 3. The Hall–Kier alpha value is -1.68. The summed E-state index contributed by atoms with van der Waals surface area (Å²) in [5.74, 6) is 0. The van der Waals surface area contributed by atoms with Crippen molar-refractivity contribution >= 4 is 11.4 Å². The lowest BCUT2D eigenvalue weighted by molar-refractivity contribution is -0.380. The number of allylic oxidation sites excluding steroid dienone is 1. The summed E-state index contributed by atoms with van der Waals surface area (Å²) in [4.78, 5) is 13.1. The first kappa shape index (κ1) is 11.8. The van der Waals surface area contributed by atoms with Gasteiger partial charge >= 0.3 is 0 Å². The van der Waals surface area contributed by atoms with Crippen molar-refractivity contribution in [1.82, 2.24) is 0 Å². The van der Waals surface area contributed by atoms with Gasteiger partial charge in [-0.1, -0.05) is 6.08 Å². The molecule has 4 nitrogen and oxygen atoms in total. The Balaban J connectivity index is 2.25. The van der Waals surface area contributed by atoms with E-state index in [4.69, 9.17) is 4.74 Å². The van der Waals surface area contributed by atoms with E-state index in [2.05, 4.69) is 11.5 Å². The summed E-state index contributed by atoms with van der Waals surface area (Å²) in [6, 6.07) is 5.85. The number of nitrogens with zero attached hydrogens (tertiary/aromatic N) is 1. The van der Waals surface area contributed by atoms with Gasteiger partial charge < -0.3 is 9.64 Å². The van der Waals surface area contributed by atoms with Gasteiger partial charge in [0.1, 0.15) is 0 Å². The van der Waals surface area contributed by atoms with Gasteiger partial charge in [0.15, 0.2) is 0 Å². The third kappa shape index (κ3) is 2.71. The van der Waals surface area contributed by atoms with Crippen LogP contribution in [0.4, 0.5) is 11.4 Å². The average Bonchev–Trinajstić information content (AvgIpc) is 2.40. The molecule has 0 radical (unpaired) electrons. The minimum absolute atomic E-state index is 0.627. The first-order valence-corrected chi connectivity index (χ1v) is 5.80. The van der Waals surface area contributed by atoms with Crippen molar-refractivity contribution in [1.29, 1.82) is 0 Å². The van der Waals surface area contributed by atoms with E-state index < -0.39 is 0 Å². The quantitative estimate of drug-likeness (QED) is 0.780. The molecule has 0 unspecified atom stereocenters. The molecule has 4 heteroatoms. The molecule has 0 bridgehead atoms. The summed E-state index contributed by atoms with van der Waals surface area (Å²) < 4.78 is 5.32. The van der Waals surface area contributed by atoms with Gasteiger partial charge in [0, 0.05) is 40.5 Å². The summed E-state index contributed by atoms with van der Waals surface area (Å²) in [5.41, 5.74) is 2.75. The molecule has 1 aromatic rings. The molecule has 1 aliphatic heterocycles. The van der Waals surface area contributed by atoms with E-state index in [1.54, 1.807) is 6.08 Å². The fourth-order valence-electron chi connectivity index (χ4n) is 2.02. The van der Waals surface area contributed by atoms with Crippen molar-refractivity contribution < 1.29 is 9.91 Å². The third-order valence-corrected chi connectivity index (χ3v) is 2.94. The number of rotatable bonds is 4. The second kappa shape index (κ2) is 5.59. The number of ether oxygens (including phenoxy) is 1. The van der Waals surface area contributed by atoms with E-state index >= 15 is 0 Å². The largest absolute Gasteiger partial charge is 0.378 e. The predicted octanol–water partition coefficient (Wildman–Crippen LogP) is 0.730. The first-order valence-electron chi connectivity index (χ1n) is 5.80. The molecule has 1 fully saturated rings. The second-order valence-electron chi connectivity index (χ2n) is 4.04. The Morgan fingerprint density at radius 1 is 1.41 bits per heavy atom. The van der Waals surface area contributed by atoms with Crippen molar-refractivity contribution in [2.75, 3.05) is 31.2 Å². The van der Waals surface area contributed by atoms with Crippen LogP contribution in [0.2, 0.25) is 0 Å². The molecular weight excluding hydrogens is 216 g/mol. The molecule has 1 aromatic carbocycles. The molecule has 0 amide bonds. The van der Waals surface area contributed by atoms with Gasteiger partial charge in [0.05, 0.1) is 13.2 Å². The maximum Gasteiger partial charge on any atom is 0.256 e. The maximum atomic E-state index is 10.8. The topological polar surface area (TPSA) is 43.5 Å². The first-order chi connectivity index (χ1) is 8.35. The van der Waals surface area contributed by atoms with E-state index in [1.165, 1.54) is 0 Å². The third-order valence-electron chi connectivity index (χ3n) is 2.94. The highest BCUT2D eigenvalue weighted by atomic mass is 16.5. The number of anilines is 1. The van der Waals surface area contributed by atoms with Gasteiger partial charge in [-0.3, -0.25) is 0 Å². The molecule has 1 N–H and O–H groups in total. The SMILES string of the molecule is C=CCc1cc(N2CCOCC2)ccc1[NH+]=O. The molecule has 0 spiro atoms. The molecule has 0 aliphatic carbocycles. The standard InChI is InChI=1S/C13H16N2O2/c1-2-3-11-10-12(4-5-13(11)14-16)15-6-8-17-9-7-15/h2,4-5,10H,1,3,6-9H2/p+1. The fourth-order valence-corrected chi connectivity index (χ4v) is 2.02. The van der Waals surface area contributed by atoms with Crippen molar-refractivity contribution in [2.24, 2.45) is 0 Å². The number of hydrogen-bond donors (Lipinski definition) is 1. The number of morpholine rings is 1. The van der Waals surface area contributed by atoms with Crippen LogP contribution >= 0.6 is 0 Å². The van der Waals surface area contributed by atoms with Gasteiger partial charge in [-0.05, 0) is 18.6 Å². The highest BCUT2D eigenvalue weighted by Gasteiger charge is 2.14. The zero-order valence-electron chi connectivity index (χ0n) is 9.82. The van der Waals surface area contributed by atoms with Crippen LogP contribution in [0, 0.1) is 4.91 Å². The number of nitrogens with one attached hydrogen (secondary N) is 1. The number of benzene rings is 1. The maximum absolute atomic E-state index is 10.8. The lowest BCUT2D eigenvalue weighted by atomic mass is 10.1. The zero-order chi connectivity index (χ0) is 12.1.